The van der Waals surface area contributed by atoms with Crippen LogP contribution in [0.2, 0.25) is 0 Å². The van der Waals surface area contributed by atoms with Crippen LogP contribution in [0.3, 0.4) is 0 Å². The quantitative estimate of drug-likeness (QED) is 0.265. The van der Waals surface area contributed by atoms with Crippen molar-refractivity contribution in [2.45, 2.75) is 141 Å². The summed E-state index contributed by atoms with van der Waals surface area (Å²) in [6, 6.07) is 10.5. The molecule has 0 aromatic heterocycles. The molecule has 44 heavy (non-hydrogen) atoms. The van der Waals surface area contributed by atoms with Crippen molar-refractivity contribution in [3.8, 4) is 0 Å². The molecule has 1 aromatic rings. The molecule has 4 N–H and O–H groups in total. The Bertz CT molecular complexity index is 1270. The number of ether oxygens (including phenoxy) is 1. The lowest BCUT2D eigenvalue weighted by Gasteiger charge is -2.63. The standard InChI is InChI=1S/C38H56O6/c1-7-17-37(42,33-32(44-33)36(6,41)23(2)3)30-16-19-38(43)28-21-29(40)27-20-26(39)15-18-34(27,4)31(28)25(22-35(30,38)5)14-13-24-11-9-8-10-12-24/h8-12,21,23,25-27,30-33,39,41-43H,7,13-20,22H2,1-6H3. The Balaban J connectivity index is 1.42. The van der Waals surface area contributed by atoms with Gasteiger partial charge in [0.2, 0.25) is 0 Å². The van der Waals surface area contributed by atoms with E-state index in [4.69, 9.17) is 4.74 Å². The summed E-state index contributed by atoms with van der Waals surface area (Å²) < 4.78 is 6.21. The van der Waals surface area contributed by atoms with E-state index in [2.05, 4.69) is 45.0 Å². The smallest absolute Gasteiger partial charge is 0.159 e. The minimum Gasteiger partial charge on any atom is -0.393 e. The van der Waals surface area contributed by atoms with Gasteiger partial charge in [-0.05, 0) is 111 Å². The molecule has 244 valence electrons. The van der Waals surface area contributed by atoms with Crippen LogP contribution >= 0.6 is 0 Å². The topological polar surface area (TPSA) is 111 Å². The van der Waals surface area contributed by atoms with E-state index in [1.807, 2.05) is 26.8 Å². The fraction of sp³-hybridized carbons (Fsp3) is 0.763. The van der Waals surface area contributed by atoms with Gasteiger partial charge in [0.1, 0.15) is 12.2 Å². The summed E-state index contributed by atoms with van der Waals surface area (Å²) in [7, 11) is 0. The maximum atomic E-state index is 13.9. The van der Waals surface area contributed by atoms with Crippen molar-refractivity contribution in [3.63, 3.8) is 0 Å². The van der Waals surface area contributed by atoms with Crippen LogP contribution in [0, 0.1) is 40.4 Å². The monoisotopic (exact) mass is 608 g/mol. The van der Waals surface area contributed by atoms with Gasteiger partial charge in [-0.3, -0.25) is 4.79 Å². The van der Waals surface area contributed by atoms with E-state index in [0.29, 0.717) is 32.1 Å². The number of hydrogen-bond acceptors (Lipinski definition) is 6. The highest BCUT2D eigenvalue weighted by Crippen LogP contribution is 2.71. The number of carbonyl (C=O) groups is 1. The normalized spacial score (nSPS) is 44.2. The SMILES string of the molecule is CCCC(O)(C1OC1C(C)(O)C(C)C)C1CCC2(O)C3=CC(=O)C4CC(O)CCC4(C)C3C(CCc3ccccc3)CC12C. The maximum absolute atomic E-state index is 13.9. The molecule has 12 unspecified atom stereocenters. The second kappa shape index (κ2) is 11.0. The molecule has 1 aliphatic heterocycles. The molecule has 5 aliphatic rings. The largest absolute Gasteiger partial charge is 0.393 e. The summed E-state index contributed by atoms with van der Waals surface area (Å²) in [6.45, 7) is 12.3. The number of aliphatic hydroxyl groups excluding tert-OH is 1. The Morgan fingerprint density at radius 1 is 1.07 bits per heavy atom. The third-order valence-electron chi connectivity index (χ3n) is 13.8. The maximum Gasteiger partial charge on any atom is 0.159 e. The van der Waals surface area contributed by atoms with Crippen molar-refractivity contribution >= 4 is 5.78 Å². The van der Waals surface area contributed by atoms with Gasteiger partial charge in [0, 0.05) is 11.3 Å². The van der Waals surface area contributed by atoms with Gasteiger partial charge in [0.05, 0.1) is 22.9 Å². The van der Waals surface area contributed by atoms with Gasteiger partial charge in [-0.25, -0.2) is 0 Å². The summed E-state index contributed by atoms with van der Waals surface area (Å²) in [5, 5.41) is 47.7. The number of carbonyl (C=O) groups excluding carboxylic acids is 1. The first-order chi connectivity index (χ1) is 20.6. The van der Waals surface area contributed by atoms with Crippen LogP contribution in [-0.4, -0.2) is 61.3 Å². The van der Waals surface area contributed by atoms with Crippen molar-refractivity contribution in [2.24, 2.45) is 40.4 Å². The number of aryl methyl sites for hydroxylation is 1. The first kappa shape index (κ1) is 32.4. The van der Waals surface area contributed by atoms with Gasteiger partial charge >= 0.3 is 0 Å². The third kappa shape index (κ3) is 4.72. The Kier molecular flexibility index (Phi) is 8.10. The van der Waals surface area contributed by atoms with Crippen molar-refractivity contribution in [1.29, 1.82) is 0 Å². The molecule has 12 atom stereocenters. The number of rotatable bonds is 9. The minimum absolute atomic E-state index is 0.0293. The number of benzene rings is 1. The lowest BCUT2D eigenvalue weighted by molar-refractivity contribution is -0.170. The lowest BCUT2D eigenvalue weighted by atomic mass is 9.42. The number of allylic oxidation sites excluding steroid dienone is 1. The number of epoxide rings is 1. The molecule has 0 bridgehead atoms. The van der Waals surface area contributed by atoms with E-state index in [1.165, 1.54) is 5.56 Å². The first-order valence-corrected chi connectivity index (χ1v) is 17.4. The van der Waals surface area contributed by atoms with Crippen LogP contribution in [-0.2, 0) is 16.0 Å². The average Bonchev–Trinajstić information content (AvgIpc) is 3.74. The van der Waals surface area contributed by atoms with Gasteiger partial charge in [-0.2, -0.15) is 0 Å². The number of ketones is 1. The van der Waals surface area contributed by atoms with Crippen LogP contribution in [0.15, 0.2) is 42.0 Å². The van der Waals surface area contributed by atoms with E-state index in [1.54, 1.807) is 6.08 Å². The fourth-order valence-corrected chi connectivity index (χ4v) is 10.9. The molecule has 6 nitrogen and oxygen atoms in total. The van der Waals surface area contributed by atoms with E-state index in [0.717, 1.165) is 37.7 Å². The second-order valence-corrected chi connectivity index (χ2v) is 16.4. The number of hydrogen-bond donors (Lipinski definition) is 4. The third-order valence-corrected chi connectivity index (χ3v) is 13.8. The predicted molar refractivity (Wildman–Crippen MR) is 171 cm³/mol. The van der Waals surface area contributed by atoms with Gasteiger partial charge in [0.25, 0.3) is 0 Å². The number of aliphatic hydroxyl groups is 4. The molecule has 1 saturated heterocycles. The molecule has 1 heterocycles. The zero-order valence-electron chi connectivity index (χ0n) is 27.8. The van der Waals surface area contributed by atoms with E-state index in [9.17, 15) is 25.2 Å². The Morgan fingerprint density at radius 2 is 1.77 bits per heavy atom. The minimum atomic E-state index is -1.21. The summed E-state index contributed by atoms with van der Waals surface area (Å²) in [5.74, 6) is -0.206. The molecule has 0 radical (unpaired) electrons. The molecule has 0 spiro atoms. The fourth-order valence-electron chi connectivity index (χ4n) is 10.9. The predicted octanol–water partition coefficient (Wildman–Crippen LogP) is 5.78. The molecule has 0 amide bonds. The first-order valence-electron chi connectivity index (χ1n) is 17.4. The van der Waals surface area contributed by atoms with Crippen LogP contribution in [0.25, 0.3) is 0 Å². The van der Waals surface area contributed by atoms with Gasteiger partial charge in [-0.1, -0.05) is 71.4 Å². The summed E-state index contributed by atoms with van der Waals surface area (Å²) >= 11 is 0. The van der Waals surface area contributed by atoms with Gasteiger partial charge in [0.15, 0.2) is 5.78 Å². The van der Waals surface area contributed by atoms with Crippen molar-refractivity contribution < 1.29 is 30.0 Å². The van der Waals surface area contributed by atoms with E-state index < -0.39 is 40.5 Å². The molecular weight excluding hydrogens is 552 g/mol. The zero-order chi connectivity index (χ0) is 31.9. The van der Waals surface area contributed by atoms with E-state index in [-0.39, 0.29) is 40.8 Å². The van der Waals surface area contributed by atoms with Gasteiger partial charge < -0.3 is 25.2 Å². The molecule has 3 saturated carbocycles. The zero-order valence-corrected chi connectivity index (χ0v) is 27.8. The highest BCUT2D eigenvalue weighted by Gasteiger charge is 2.74. The van der Waals surface area contributed by atoms with Crippen LogP contribution in [0.4, 0.5) is 0 Å². The molecular formula is C38H56O6. The highest BCUT2D eigenvalue weighted by atomic mass is 16.6. The second-order valence-electron chi connectivity index (χ2n) is 16.4. The Morgan fingerprint density at radius 3 is 2.43 bits per heavy atom. The van der Waals surface area contributed by atoms with Crippen LogP contribution in [0.5, 0.6) is 0 Å². The molecule has 6 heteroatoms. The van der Waals surface area contributed by atoms with Crippen molar-refractivity contribution in [3.05, 3.63) is 47.5 Å². The van der Waals surface area contributed by atoms with Crippen molar-refractivity contribution in [2.75, 3.05) is 0 Å². The number of fused-ring (bicyclic) bond motifs is 5. The average molecular weight is 609 g/mol. The Hall–Kier alpha value is -1.57. The molecule has 6 rings (SSSR count). The van der Waals surface area contributed by atoms with Crippen LogP contribution < -0.4 is 0 Å². The lowest BCUT2D eigenvalue weighted by Crippen LogP contribution is -2.64. The highest BCUT2D eigenvalue weighted by molar-refractivity contribution is 5.95. The van der Waals surface area contributed by atoms with E-state index >= 15 is 0 Å². The summed E-state index contributed by atoms with van der Waals surface area (Å²) in [6.07, 6.45) is 7.36. The van der Waals surface area contributed by atoms with Gasteiger partial charge in [-0.15, -0.1) is 0 Å². The summed E-state index contributed by atoms with van der Waals surface area (Å²) in [4.78, 5) is 13.9. The summed E-state index contributed by atoms with van der Waals surface area (Å²) in [5.41, 5.74) is -2.30. The molecule has 4 fully saturated rings. The molecule has 1 aromatic carbocycles. The molecule has 4 aliphatic carbocycles. The van der Waals surface area contributed by atoms with Crippen LogP contribution in [0.1, 0.15) is 105 Å². The Labute approximate surface area is 264 Å². The van der Waals surface area contributed by atoms with Crippen molar-refractivity contribution in [1.82, 2.24) is 0 Å².